The second-order valence-corrected chi connectivity index (χ2v) is 5.27. The fourth-order valence-electron chi connectivity index (χ4n) is 3.31. The molecule has 2 atom stereocenters. The average Bonchev–Trinajstić information content (AvgIpc) is 2.20. The van der Waals surface area contributed by atoms with Gasteiger partial charge in [-0.2, -0.15) is 0 Å². The molecule has 0 spiro atoms. The summed E-state index contributed by atoms with van der Waals surface area (Å²) >= 11 is 0. The van der Waals surface area contributed by atoms with Gasteiger partial charge in [-0.3, -0.25) is 0 Å². The highest BCUT2D eigenvalue weighted by molar-refractivity contribution is 5.21. The Hall–Kier alpha value is 0. The van der Waals surface area contributed by atoms with E-state index < -0.39 is 0 Å². The molecular formula is C11H19. The van der Waals surface area contributed by atoms with E-state index in [1.165, 1.54) is 19.3 Å². The molecule has 0 aliphatic heterocycles. The van der Waals surface area contributed by atoms with Crippen molar-refractivity contribution < 1.29 is 0 Å². The molecule has 0 aromatic heterocycles. The molecule has 63 valence electrons. The van der Waals surface area contributed by atoms with Crippen LogP contribution in [0.5, 0.6) is 0 Å². The normalized spacial score (nSPS) is 48.5. The van der Waals surface area contributed by atoms with Crippen molar-refractivity contribution in [2.75, 3.05) is 0 Å². The van der Waals surface area contributed by atoms with Gasteiger partial charge >= 0.3 is 0 Å². The molecule has 0 unspecified atom stereocenters. The number of hydrogen-bond donors (Lipinski definition) is 0. The van der Waals surface area contributed by atoms with Gasteiger partial charge in [-0.1, -0.05) is 27.7 Å². The smallest absolute Gasteiger partial charge is 0.0205 e. The van der Waals surface area contributed by atoms with Gasteiger partial charge in [0.05, 0.1) is 0 Å². The molecule has 2 aliphatic carbocycles. The lowest BCUT2D eigenvalue weighted by Crippen LogP contribution is -2.29. The van der Waals surface area contributed by atoms with E-state index in [1.807, 2.05) is 0 Å². The minimum absolute atomic E-state index is 0.581. The summed E-state index contributed by atoms with van der Waals surface area (Å²) in [6.45, 7) is 9.75. The maximum atomic E-state index is 2.47. The molecule has 0 aromatic carbocycles. The molecule has 0 heterocycles. The number of rotatable bonds is 0. The molecule has 2 fully saturated rings. The Labute approximate surface area is 70.4 Å². The lowest BCUT2D eigenvalue weighted by molar-refractivity contribution is 0.166. The van der Waals surface area contributed by atoms with Crippen LogP contribution in [0.15, 0.2) is 0 Å². The van der Waals surface area contributed by atoms with Gasteiger partial charge in [-0.25, -0.2) is 0 Å². The SMILES string of the molecule is C[C]1C[C@H]2CC[C@@]1(C)C2(C)C. The monoisotopic (exact) mass is 151 g/mol. The van der Waals surface area contributed by atoms with E-state index in [-0.39, 0.29) is 0 Å². The zero-order valence-corrected chi connectivity index (χ0v) is 8.20. The van der Waals surface area contributed by atoms with E-state index in [1.54, 1.807) is 5.92 Å². The minimum Gasteiger partial charge on any atom is -0.0591 e. The second-order valence-electron chi connectivity index (χ2n) is 5.27. The van der Waals surface area contributed by atoms with Crippen LogP contribution in [0.2, 0.25) is 0 Å². The van der Waals surface area contributed by atoms with Crippen LogP contribution >= 0.6 is 0 Å². The first kappa shape index (κ1) is 7.64. The highest BCUT2D eigenvalue weighted by Gasteiger charge is 2.59. The maximum absolute atomic E-state index is 2.47. The summed E-state index contributed by atoms with van der Waals surface area (Å²) in [7, 11) is 0. The molecule has 2 bridgehead atoms. The van der Waals surface area contributed by atoms with Gasteiger partial charge in [-0.05, 0) is 41.9 Å². The largest absolute Gasteiger partial charge is 0.0591 e. The Kier molecular flexibility index (Phi) is 1.28. The van der Waals surface area contributed by atoms with Gasteiger partial charge in [0.25, 0.3) is 0 Å². The van der Waals surface area contributed by atoms with Gasteiger partial charge in [0, 0.05) is 0 Å². The predicted molar refractivity (Wildman–Crippen MR) is 48.1 cm³/mol. The van der Waals surface area contributed by atoms with Gasteiger partial charge in [0.2, 0.25) is 0 Å². The topological polar surface area (TPSA) is 0 Å². The number of fused-ring (bicyclic) bond motifs is 2. The van der Waals surface area contributed by atoms with E-state index in [0.717, 1.165) is 5.92 Å². The molecule has 2 aliphatic rings. The molecule has 0 nitrogen and oxygen atoms in total. The summed E-state index contributed by atoms with van der Waals surface area (Å²) < 4.78 is 0. The summed E-state index contributed by atoms with van der Waals surface area (Å²) in [5.41, 5.74) is 1.18. The van der Waals surface area contributed by atoms with E-state index in [4.69, 9.17) is 0 Å². The standard InChI is InChI=1S/C11H19/c1-8-7-9-5-6-11(8,4)10(9,2)3/h9H,5-7H2,1-4H3/t9-,11-/m1/s1. The van der Waals surface area contributed by atoms with Crippen molar-refractivity contribution in [2.24, 2.45) is 16.7 Å². The summed E-state index contributed by atoms with van der Waals surface area (Å²) in [5.74, 6) is 2.76. The van der Waals surface area contributed by atoms with Gasteiger partial charge in [0.1, 0.15) is 0 Å². The third-order valence-electron chi connectivity index (χ3n) is 4.93. The number of hydrogen-bond acceptors (Lipinski definition) is 0. The molecule has 0 heteroatoms. The fourth-order valence-corrected chi connectivity index (χ4v) is 3.31. The maximum Gasteiger partial charge on any atom is -0.0205 e. The van der Waals surface area contributed by atoms with Crippen LogP contribution in [0.4, 0.5) is 0 Å². The molecule has 0 N–H and O–H groups in total. The fraction of sp³-hybridized carbons (Fsp3) is 0.909. The molecule has 11 heavy (non-hydrogen) atoms. The summed E-state index contributed by atoms with van der Waals surface area (Å²) in [4.78, 5) is 0. The van der Waals surface area contributed by atoms with Gasteiger partial charge < -0.3 is 0 Å². The zero-order valence-electron chi connectivity index (χ0n) is 8.20. The van der Waals surface area contributed by atoms with E-state index in [9.17, 15) is 0 Å². The Morgan fingerprint density at radius 3 is 2.09 bits per heavy atom. The predicted octanol–water partition coefficient (Wildman–Crippen LogP) is 3.43. The molecule has 1 radical (unpaired) electrons. The molecule has 0 amide bonds. The third kappa shape index (κ3) is 0.666. The Balaban J connectivity index is 2.40. The van der Waals surface area contributed by atoms with Crippen LogP contribution < -0.4 is 0 Å². The zero-order chi connectivity index (χ0) is 8.28. The first-order valence-corrected chi connectivity index (χ1v) is 4.81. The van der Waals surface area contributed by atoms with Crippen LogP contribution in [0.1, 0.15) is 47.0 Å². The van der Waals surface area contributed by atoms with Crippen LogP contribution in [0.3, 0.4) is 0 Å². The van der Waals surface area contributed by atoms with Crippen molar-refractivity contribution in [3.05, 3.63) is 5.92 Å². The van der Waals surface area contributed by atoms with Crippen LogP contribution in [-0.2, 0) is 0 Å². The van der Waals surface area contributed by atoms with Gasteiger partial charge in [-0.15, -0.1) is 0 Å². The first-order valence-electron chi connectivity index (χ1n) is 4.81. The Morgan fingerprint density at radius 1 is 1.27 bits per heavy atom. The summed E-state index contributed by atoms with van der Waals surface area (Å²) in [6.07, 6.45) is 4.32. The van der Waals surface area contributed by atoms with Crippen LogP contribution in [0, 0.1) is 22.7 Å². The van der Waals surface area contributed by atoms with Crippen LogP contribution in [-0.4, -0.2) is 0 Å². The van der Waals surface area contributed by atoms with Crippen molar-refractivity contribution in [3.8, 4) is 0 Å². The molecule has 0 aromatic rings. The molecular weight excluding hydrogens is 132 g/mol. The quantitative estimate of drug-likeness (QED) is 0.497. The second kappa shape index (κ2) is 1.84. The lowest BCUT2D eigenvalue weighted by Gasteiger charge is -2.37. The highest BCUT2D eigenvalue weighted by atomic mass is 14.6. The van der Waals surface area contributed by atoms with Gasteiger partial charge in [0.15, 0.2) is 0 Å². The van der Waals surface area contributed by atoms with Crippen molar-refractivity contribution in [2.45, 2.75) is 47.0 Å². The van der Waals surface area contributed by atoms with E-state index >= 15 is 0 Å². The highest BCUT2D eigenvalue weighted by Crippen LogP contribution is 2.68. The first-order chi connectivity index (χ1) is 4.98. The summed E-state index contributed by atoms with van der Waals surface area (Å²) in [5, 5.41) is 0. The lowest BCUT2D eigenvalue weighted by atomic mass is 9.67. The minimum atomic E-state index is 0.581. The molecule has 2 rings (SSSR count). The van der Waals surface area contributed by atoms with Crippen molar-refractivity contribution in [3.63, 3.8) is 0 Å². The molecule has 2 saturated carbocycles. The Morgan fingerprint density at radius 2 is 1.91 bits per heavy atom. The summed E-state index contributed by atoms with van der Waals surface area (Å²) in [6, 6.07) is 0. The van der Waals surface area contributed by atoms with Crippen LogP contribution in [0.25, 0.3) is 0 Å². The average molecular weight is 151 g/mol. The van der Waals surface area contributed by atoms with E-state index in [0.29, 0.717) is 10.8 Å². The van der Waals surface area contributed by atoms with Crippen molar-refractivity contribution in [1.82, 2.24) is 0 Å². The third-order valence-corrected chi connectivity index (χ3v) is 4.93. The van der Waals surface area contributed by atoms with Crippen molar-refractivity contribution >= 4 is 0 Å². The van der Waals surface area contributed by atoms with E-state index in [2.05, 4.69) is 27.7 Å². The molecule has 0 saturated heterocycles. The van der Waals surface area contributed by atoms with Crippen molar-refractivity contribution in [1.29, 1.82) is 0 Å². The Bertz CT molecular complexity index is 180.